The first-order valence-electron chi connectivity index (χ1n) is 7.97. The highest BCUT2D eigenvalue weighted by molar-refractivity contribution is 5.91. The average Bonchev–Trinajstić information content (AvgIpc) is 2.57. The fourth-order valence-electron chi connectivity index (χ4n) is 2.40. The van der Waals surface area contributed by atoms with Crippen molar-refractivity contribution < 1.29 is 9.47 Å². The third kappa shape index (κ3) is 3.37. The van der Waals surface area contributed by atoms with Crippen molar-refractivity contribution in [1.82, 2.24) is 15.0 Å². The number of pyridine rings is 3. The molecular weight excluding hydrogens is 304 g/mol. The van der Waals surface area contributed by atoms with E-state index in [1.165, 1.54) is 0 Å². The van der Waals surface area contributed by atoms with E-state index in [-0.39, 0.29) is 0 Å². The van der Waals surface area contributed by atoms with Gasteiger partial charge in [0.25, 0.3) is 0 Å². The number of ether oxygens (including phenoxy) is 2. The summed E-state index contributed by atoms with van der Waals surface area (Å²) in [5, 5.41) is 4.19. The number of nitrogens with one attached hydrogen (secondary N) is 1. The fraction of sp³-hybridized carbons (Fsp3) is 0.278. The maximum atomic E-state index is 5.65. The summed E-state index contributed by atoms with van der Waals surface area (Å²) in [4.78, 5) is 13.3. The molecule has 0 amide bonds. The van der Waals surface area contributed by atoms with E-state index in [2.05, 4.69) is 20.3 Å². The minimum atomic E-state index is 0.579. The van der Waals surface area contributed by atoms with Gasteiger partial charge in [-0.15, -0.1) is 0 Å². The number of aromatic nitrogens is 3. The first-order chi connectivity index (χ1) is 11.7. The van der Waals surface area contributed by atoms with Crippen molar-refractivity contribution >= 4 is 22.5 Å². The Morgan fingerprint density at radius 3 is 2.67 bits per heavy atom. The standard InChI is InChI=1S/C18H20N4O2/c1-4-23-15-11-13-14(9-10-19-18(13)20-12(15)3)21-16-7-6-8-17(22-16)24-5-2/h6-11H,4-5H2,1-3H3,(H,19,20,21,22). The Morgan fingerprint density at radius 2 is 1.88 bits per heavy atom. The molecule has 0 spiro atoms. The second-order valence-electron chi connectivity index (χ2n) is 5.15. The zero-order chi connectivity index (χ0) is 16.9. The van der Waals surface area contributed by atoms with Gasteiger partial charge in [-0.2, -0.15) is 4.98 Å². The van der Waals surface area contributed by atoms with Gasteiger partial charge in [0.15, 0.2) is 5.65 Å². The molecule has 0 aliphatic carbocycles. The number of anilines is 2. The molecule has 0 atom stereocenters. The molecule has 3 aromatic heterocycles. The smallest absolute Gasteiger partial charge is 0.215 e. The van der Waals surface area contributed by atoms with Gasteiger partial charge < -0.3 is 14.8 Å². The Kier molecular flexibility index (Phi) is 4.74. The maximum absolute atomic E-state index is 5.65. The lowest BCUT2D eigenvalue weighted by atomic mass is 10.2. The number of nitrogens with zero attached hydrogens (tertiary/aromatic N) is 3. The van der Waals surface area contributed by atoms with Crippen LogP contribution in [0.4, 0.5) is 11.5 Å². The van der Waals surface area contributed by atoms with Crippen LogP contribution in [-0.2, 0) is 0 Å². The van der Waals surface area contributed by atoms with Crippen LogP contribution in [0.25, 0.3) is 11.0 Å². The van der Waals surface area contributed by atoms with Crippen molar-refractivity contribution in [3.8, 4) is 11.6 Å². The van der Waals surface area contributed by atoms with Crippen LogP contribution in [0.1, 0.15) is 19.5 Å². The van der Waals surface area contributed by atoms with Crippen LogP contribution >= 0.6 is 0 Å². The molecule has 0 aromatic carbocycles. The van der Waals surface area contributed by atoms with Gasteiger partial charge in [-0.05, 0) is 39.0 Å². The number of hydrogen-bond donors (Lipinski definition) is 1. The molecule has 3 rings (SSSR count). The van der Waals surface area contributed by atoms with Gasteiger partial charge >= 0.3 is 0 Å². The van der Waals surface area contributed by atoms with E-state index in [4.69, 9.17) is 9.47 Å². The van der Waals surface area contributed by atoms with Crippen LogP contribution in [0.2, 0.25) is 0 Å². The molecule has 0 aliphatic heterocycles. The first-order valence-corrected chi connectivity index (χ1v) is 7.97. The third-order valence-electron chi connectivity index (χ3n) is 3.45. The van der Waals surface area contributed by atoms with Gasteiger partial charge in [-0.3, -0.25) is 0 Å². The molecule has 24 heavy (non-hydrogen) atoms. The summed E-state index contributed by atoms with van der Waals surface area (Å²) in [5.74, 6) is 2.05. The van der Waals surface area contributed by atoms with Crippen LogP contribution in [0.3, 0.4) is 0 Å². The Hall–Kier alpha value is -2.89. The summed E-state index contributed by atoms with van der Waals surface area (Å²) < 4.78 is 11.1. The lowest BCUT2D eigenvalue weighted by Gasteiger charge is -2.12. The van der Waals surface area contributed by atoms with Crippen molar-refractivity contribution in [2.75, 3.05) is 18.5 Å². The molecule has 0 fully saturated rings. The minimum Gasteiger partial charge on any atom is -0.492 e. The van der Waals surface area contributed by atoms with Gasteiger partial charge in [0.1, 0.15) is 11.6 Å². The molecular formula is C18H20N4O2. The lowest BCUT2D eigenvalue weighted by molar-refractivity contribution is 0.327. The normalized spacial score (nSPS) is 10.6. The predicted molar refractivity (Wildman–Crippen MR) is 94.1 cm³/mol. The van der Waals surface area contributed by atoms with E-state index in [0.29, 0.717) is 30.6 Å². The zero-order valence-corrected chi connectivity index (χ0v) is 14.0. The predicted octanol–water partition coefficient (Wildman–Crippen LogP) is 3.87. The highest BCUT2D eigenvalue weighted by Crippen LogP contribution is 2.29. The van der Waals surface area contributed by atoms with Gasteiger partial charge in [0.2, 0.25) is 5.88 Å². The Morgan fingerprint density at radius 1 is 1.04 bits per heavy atom. The molecule has 6 nitrogen and oxygen atoms in total. The third-order valence-corrected chi connectivity index (χ3v) is 3.45. The molecule has 3 aromatic rings. The molecule has 0 saturated carbocycles. The second-order valence-corrected chi connectivity index (χ2v) is 5.15. The molecule has 124 valence electrons. The summed E-state index contributed by atoms with van der Waals surface area (Å²) in [7, 11) is 0. The largest absolute Gasteiger partial charge is 0.492 e. The monoisotopic (exact) mass is 324 g/mol. The molecule has 0 aliphatic rings. The zero-order valence-electron chi connectivity index (χ0n) is 14.0. The van der Waals surface area contributed by atoms with Crippen molar-refractivity contribution in [2.24, 2.45) is 0 Å². The van der Waals surface area contributed by atoms with Crippen molar-refractivity contribution in [3.63, 3.8) is 0 Å². The van der Waals surface area contributed by atoms with Gasteiger partial charge in [0, 0.05) is 17.6 Å². The molecule has 0 bridgehead atoms. The Bertz CT molecular complexity index is 852. The lowest BCUT2D eigenvalue weighted by Crippen LogP contribution is -2.01. The highest BCUT2D eigenvalue weighted by atomic mass is 16.5. The van der Waals surface area contributed by atoms with E-state index in [1.54, 1.807) is 6.20 Å². The van der Waals surface area contributed by atoms with Crippen LogP contribution < -0.4 is 14.8 Å². The van der Waals surface area contributed by atoms with Gasteiger partial charge in [-0.1, -0.05) is 6.07 Å². The molecule has 0 radical (unpaired) electrons. The maximum Gasteiger partial charge on any atom is 0.215 e. The topological polar surface area (TPSA) is 69.2 Å². The quantitative estimate of drug-likeness (QED) is 0.742. The molecule has 1 N–H and O–H groups in total. The number of rotatable bonds is 6. The Balaban J connectivity index is 1.99. The van der Waals surface area contributed by atoms with E-state index in [0.717, 1.165) is 22.5 Å². The summed E-state index contributed by atoms with van der Waals surface area (Å²) in [6, 6.07) is 9.47. The fourth-order valence-corrected chi connectivity index (χ4v) is 2.40. The molecule has 6 heteroatoms. The van der Waals surface area contributed by atoms with Crippen molar-refractivity contribution in [1.29, 1.82) is 0 Å². The first kappa shape index (κ1) is 16.0. The molecule has 3 heterocycles. The molecule has 0 unspecified atom stereocenters. The average molecular weight is 324 g/mol. The SMILES string of the molecule is CCOc1cccc(Nc2ccnc3nc(C)c(OCC)cc23)n1. The number of aryl methyl sites for hydroxylation is 1. The summed E-state index contributed by atoms with van der Waals surface area (Å²) >= 11 is 0. The Labute approximate surface area is 140 Å². The summed E-state index contributed by atoms with van der Waals surface area (Å²) in [6.45, 7) is 6.97. The summed E-state index contributed by atoms with van der Waals surface area (Å²) in [6.07, 6.45) is 1.73. The van der Waals surface area contributed by atoms with Crippen LogP contribution in [0.15, 0.2) is 36.5 Å². The van der Waals surface area contributed by atoms with Crippen LogP contribution in [0.5, 0.6) is 11.6 Å². The van der Waals surface area contributed by atoms with Crippen LogP contribution in [0, 0.1) is 6.92 Å². The van der Waals surface area contributed by atoms with E-state index in [9.17, 15) is 0 Å². The minimum absolute atomic E-state index is 0.579. The summed E-state index contributed by atoms with van der Waals surface area (Å²) in [5.41, 5.74) is 2.36. The van der Waals surface area contributed by atoms with Crippen molar-refractivity contribution in [2.45, 2.75) is 20.8 Å². The van der Waals surface area contributed by atoms with Gasteiger partial charge in [0.05, 0.1) is 24.6 Å². The van der Waals surface area contributed by atoms with E-state index < -0.39 is 0 Å². The highest BCUT2D eigenvalue weighted by Gasteiger charge is 2.09. The van der Waals surface area contributed by atoms with Crippen molar-refractivity contribution in [3.05, 3.63) is 42.2 Å². The van der Waals surface area contributed by atoms with E-state index >= 15 is 0 Å². The number of hydrogen-bond acceptors (Lipinski definition) is 6. The number of fused-ring (bicyclic) bond motifs is 1. The van der Waals surface area contributed by atoms with Gasteiger partial charge in [-0.25, -0.2) is 9.97 Å². The molecule has 0 saturated heterocycles. The second kappa shape index (κ2) is 7.12. The van der Waals surface area contributed by atoms with Crippen LogP contribution in [-0.4, -0.2) is 28.2 Å². The van der Waals surface area contributed by atoms with E-state index in [1.807, 2.05) is 51.1 Å².